The van der Waals surface area contributed by atoms with Crippen molar-refractivity contribution < 1.29 is 29.0 Å². The van der Waals surface area contributed by atoms with Gasteiger partial charge in [-0.05, 0) is 30.0 Å². The Hall–Kier alpha value is -3.47. The Kier molecular flexibility index (Phi) is 6.54. The second-order valence-corrected chi connectivity index (χ2v) is 8.21. The summed E-state index contributed by atoms with van der Waals surface area (Å²) in [7, 11) is 1.22. The van der Waals surface area contributed by atoms with Gasteiger partial charge in [0.25, 0.3) is 5.91 Å². The summed E-state index contributed by atoms with van der Waals surface area (Å²) in [6.45, 7) is 3.73. The summed E-state index contributed by atoms with van der Waals surface area (Å²) in [6, 6.07) is 3.21. The molecule has 0 saturated carbocycles. The normalized spacial score (nSPS) is 16.9. The van der Waals surface area contributed by atoms with E-state index in [1.54, 1.807) is 12.1 Å². The van der Waals surface area contributed by atoms with Gasteiger partial charge in [0.1, 0.15) is 17.8 Å². The van der Waals surface area contributed by atoms with Crippen LogP contribution in [0.15, 0.2) is 29.6 Å². The monoisotopic (exact) mass is 446 g/mol. The highest BCUT2D eigenvalue weighted by Gasteiger charge is 2.45. The molecule has 4 amide bonds. The Morgan fingerprint density at radius 2 is 2.10 bits per heavy atom. The number of amides is 4. The number of hydrogen-bond donors (Lipinski definition) is 3. The SMILES string of the molecule is COC(=O)c1csc(NC(=O)C(CC(C)C)N2C(=O)NC(c3cccc(O)c3)C2=O)n1. The van der Waals surface area contributed by atoms with E-state index in [1.165, 1.54) is 24.6 Å². The number of anilines is 1. The summed E-state index contributed by atoms with van der Waals surface area (Å²) >= 11 is 1.03. The van der Waals surface area contributed by atoms with Crippen LogP contribution in [0.5, 0.6) is 5.75 Å². The van der Waals surface area contributed by atoms with Crippen molar-refractivity contribution in [2.24, 2.45) is 5.92 Å². The van der Waals surface area contributed by atoms with Crippen molar-refractivity contribution in [1.82, 2.24) is 15.2 Å². The number of ether oxygens (including phenoxy) is 1. The van der Waals surface area contributed by atoms with Crippen molar-refractivity contribution in [1.29, 1.82) is 0 Å². The van der Waals surface area contributed by atoms with Gasteiger partial charge in [-0.2, -0.15) is 0 Å². The number of carbonyl (C=O) groups excluding carboxylic acids is 4. The Bertz CT molecular complexity index is 1020. The molecule has 31 heavy (non-hydrogen) atoms. The van der Waals surface area contributed by atoms with E-state index in [0.29, 0.717) is 5.56 Å². The van der Waals surface area contributed by atoms with Crippen LogP contribution in [0.25, 0.3) is 0 Å². The van der Waals surface area contributed by atoms with Crippen molar-refractivity contribution in [3.63, 3.8) is 0 Å². The van der Waals surface area contributed by atoms with Gasteiger partial charge in [-0.25, -0.2) is 19.5 Å². The molecule has 1 fully saturated rings. The first-order valence-corrected chi connectivity index (χ1v) is 10.4. The minimum atomic E-state index is -1.08. The van der Waals surface area contributed by atoms with Gasteiger partial charge in [0.2, 0.25) is 5.91 Å². The molecular formula is C20H22N4O6S. The van der Waals surface area contributed by atoms with Crippen molar-refractivity contribution >= 4 is 40.3 Å². The zero-order chi connectivity index (χ0) is 22.7. The quantitative estimate of drug-likeness (QED) is 0.438. The first-order chi connectivity index (χ1) is 14.7. The largest absolute Gasteiger partial charge is 0.508 e. The molecule has 1 aromatic carbocycles. The van der Waals surface area contributed by atoms with Gasteiger partial charge in [0, 0.05) is 5.38 Å². The molecule has 0 bridgehead atoms. The Morgan fingerprint density at radius 1 is 1.35 bits per heavy atom. The minimum absolute atomic E-state index is 0.00176. The molecule has 164 valence electrons. The van der Waals surface area contributed by atoms with Crippen LogP contribution in [0.2, 0.25) is 0 Å². The molecule has 0 spiro atoms. The van der Waals surface area contributed by atoms with E-state index in [1.807, 2.05) is 13.8 Å². The van der Waals surface area contributed by atoms with E-state index < -0.39 is 35.9 Å². The summed E-state index contributed by atoms with van der Waals surface area (Å²) < 4.78 is 4.60. The third-order valence-electron chi connectivity index (χ3n) is 4.61. The van der Waals surface area contributed by atoms with E-state index in [-0.39, 0.29) is 28.9 Å². The first kappa shape index (κ1) is 22.2. The third kappa shape index (κ3) is 4.82. The number of urea groups is 1. The lowest BCUT2D eigenvalue weighted by Gasteiger charge is -2.25. The Morgan fingerprint density at radius 3 is 2.74 bits per heavy atom. The van der Waals surface area contributed by atoms with E-state index >= 15 is 0 Å². The number of rotatable bonds is 7. The number of thiazole rings is 1. The number of aromatic hydroxyl groups is 1. The highest BCUT2D eigenvalue weighted by Crippen LogP contribution is 2.28. The van der Waals surface area contributed by atoms with Gasteiger partial charge < -0.3 is 20.5 Å². The third-order valence-corrected chi connectivity index (χ3v) is 5.37. The maximum Gasteiger partial charge on any atom is 0.357 e. The number of nitrogens with one attached hydrogen (secondary N) is 2. The highest BCUT2D eigenvalue weighted by molar-refractivity contribution is 7.14. The molecular weight excluding hydrogens is 424 g/mol. The first-order valence-electron chi connectivity index (χ1n) is 9.48. The fourth-order valence-electron chi connectivity index (χ4n) is 3.21. The lowest BCUT2D eigenvalue weighted by molar-refractivity contribution is -0.134. The van der Waals surface area contributed by atoms with Crippen molar-refractivity contribution in [3.8, 4) is 5.75 Å². The van der Waals surface area contributed by atoms with Gasteiger partial charge >= 0.3 is 12.0 Å². The molecule has 10 nitrogen and oxygen atoms in total. The van der Waals surface area contributed by atoms with E-state index in [2.05, 4.69) is 20.4 Å². The van der Waals surface area contributed by atoms with Crippen LogP contribution in [-0.2, 0) is 14.3 Å². The number of nitrogens with zero attached hydrogens (tertiary/aromatic N) is 2. The predicted molar refractivity (Wildman–Crippen MR) is 112 cm³/mol. The predicted octanol–water partition coefficient (Wildman–Crippen LogP) is 2.28. The molecule has 1 aliphatic heterocycles. The zero-order valence-electron chi connectivity index (χ0n) is 17.1. The summed E-state index contributed by atoms with van der Waals surface area (Å²) in [5.41, 5.74) is 0.453. The highest BCUT2D eigenvalue weighted by atomic mass is 32.1. The van der Waals surface area contributed by atoms with Crippen LogP contribution >= 0.6 is 11.3 Å². The second-order valence-electron chi connectivity index (χ2n) is 7.35. The molecule has 0 aliphatic carbocycles. The molecule has 2 heterocycles. The summed E-state index contributed by atoms with van der Waals surface area (Å²) in [6.07, 6.45) is 0.229. The smallest absolute Gasteiger partial charge is 0.357 e. The fourth-order valence-corrected chi connectivity index (χ4v) is 3.90. The van der Waals surface area contributed by atoms with Crippen LogP contribution in [0, 0.1) is 5.92 Å². The van der Waals surface area contributed by atoms with Gasteiger partial charge in [-0.15, -0.1) is 11.3 Å². The molecule has 2 unspecified atom stereocenters. The van der Waals surface area contributed by atoms with Crippen LogP contribution in [0.4, 0.5) is 9.93 Å². The molecule has 1 aromatic heterocycles. The van der Waals surface area contributed by atoms with E-state index in [9.17, 15) is 24.3 Å². The molecule has 1 saturated heterocycles. The van der Waals surface area contributed by atoms with Crippen molar-refractivity contribution in [2.45, 2.75) is 32.4 Å². The van der Waals surface area contributed by atoms with Crippen LogP contribution < -0.4 is 10.6 Å². The molecule has 0 radical (unpaired) electrons. The number of methoxy groups -OCH3 is 1. The zero-order valence-corrected chi connectivity index (χ0v) is 17.9. The summed E-state index contributed by atoms with van der Waals surface area (Å²) in [4.78, 5) is 55.2. The topological polar surface area (TPSA) is 138 Å². The molecule has 11 heteroatoms. The van der Waals surface area contributed by atoms with Crippen LogP contribution in [0.1, 0.15) is 42.4 Å². The fraction of sp³-hybridized carbons (Fsp3) is 0.350. The van der Waals surface area contributed by atoms with Crippen LogP contribution in [-0.4, -0.2) is 52.0 Å². The van der Waals surface area contributed by atoms with Gasteiger partial charge in [0.15, 0.2) is 10.8 Å². The number of benzene rings is 1. The Balaban J connectivity index is 1.83. The lowest BCUT2D eigenvalue weighted by atomic mass is 10.0. The van der Waals surface area contributed by atoms with E-state index in [0.717, 1.165) is 16.2 Å². The number of hydrogen-bond acceptors (Lipinski definition) is 8. The molecule has 1 aliphatic rings. The number of esters is 1. The molecule has 3 N–H and O–H groups in total. The number of phenolic OH excluding ortho intramolecular Hbond substituents is 1. The average molecular weight is 446 g/mol. The molecule has 2 aromatic rings. The maximum atomic E-state index is 13.0. The molecule has 2 atom stereocenters. The second kappa shape index (κ2) is 9.13. The van der Waals surface area contributed by atoms with Crippen molar-refractivity contribution in [2.75, 3.05) is 12.4 Å². The number of aromatic nitrogens is 1. The number of phenols is 1. The summed E-state index contributed by atoms with van der Waals surface area (Å²) in [5, 5.41) is 16.4. The van der Waals surface area contributed by atoms with Gasteiger partial charge in [-0.3, -0.25) is 9.59 Å². The van der Waals surface area contributed by atoms with Gasteiger partial charge in [0.05, 0.1) is 7.11 Å². The van der Waals surface area contributed by atoms with Gasteiger partial charge in [-0.1, -0.05) is 26.0 Å². The molecule has 3 rings (SSSR count). The van der Waals surface area contributed by atoms with Crippen LogP contribution in [0.3, 0.4) is 0 Å². The Labute approximate surface area is 182 Å². The van der Waals surface area contributed by atoms with Crippen molar-refractivity contribution in [3.05, 3.63) is 40.9 Å². The number of imide groups is 1. The lowest BCUT2D eigenvalue weighted by Crippen LogP contribution is -2.48. The van der Waals surface area contributed by atoms with E-state index in [4.69, 9.17) is 0 Å². The minimum Gasteiger partial charge on any atom is -0.508 e. The maximum absolute atomic E-state index is 13.0. The number of carbonyl (C=O) groups is 4. The summed E-state index contributed by atoms with van der Waals surface area (Å²) in [5.74, 6) is -1.87. The standard InChI is InChI=1S/C20H22N4O6S/c1-10(2)7-14(16(26)23-19-21-13(9-31-19)18(28)30-3)24-17(27)15(22-20(24)29)11-5-4-6-12(25)8-11/h4-6,8-10,14-15,25H,7H2,1-3H3,(H,22,29)(H,21,23,26). The average Bonchev–Trinajstić information content (AvgIpc) is 3.29.